The Hall–Kier alpha value is -1.40. The van der Waals surface area contributed by atoms with Crippen molar-refractivity contribution in [1.82, 2.24) is 9.21 Å². The zero-order valence-electron chi connectivity index (χ0n) is 13.6. The minimum Gasteiger partial charge on any atom is -0.341 e. The third-order valence-corrected chi connectivity index (χ3v) is 5.93. The van der Waals surface area contributed by atoms with Crippen molar-refractivity contribution in [3.8, 4) is 0 Å². The molecule has 126 valence electrons. The highest BCUT2D eigenvalue weighted by molar-refractivity contribution is 7.88. The first-order chi connectivity index (χ1) is 10.9. The van der Waals surface area contributed by atoms with E-state index in [1.807, 2.05) is 12.1 Å². The maximum atomic E-state index is 12.5. The fourth-order valence-corrected chi connectivity index (χ4v) is 4.01. The molecular formula is C17H24N2O3S. The van der Waals surface area contributed by atoms with Crippen LogP contribution >= 0.6 is 0 Å². The zero-order valence-corrected chi connectivity index (χ0v) is 14.4. The minimum absolute atomic E-state index is 0.0910. The normalized spacial score (nSPS) is 20.3. The van der Waals surface area contributed by atoms with E-state index in [9.17, 15) is 13.2 Å². The number of hydrogen-bond donors (Lipinski definition) is 0. The summed E-state index contributed by atoms with van der Waals surface area (Å²) in [5.41, 5.74) is 2.40. The van der Waals surface area contributed by atoms with E-state index < -0.39 is 10.0 Å². The predicted molar refractivity (Wildman–Crippen MR) is 89.7 cm³/mol. The number of sulfonamides is 1. The van der Waals surface area contributed by atoms with Crippen LogP contribution in [0.4, 0.5) is 0 Å². The molecule has 23 heavy (non-hydrogen) atoms. The largest absolute Gasteiger partial charge is 0.341 e. The lowest BCUT2D eigenvalue weighted by Gasteiger charge is -2.21. The number of nitrogens with zero attached hydrogens (tertiary/aromatic N) is 2. The first-order valence-electron chi connectivity index (χ1n) is 8.25. The van der Waals surface area contributed by atoms with Gasteiger partial charge < -0.3 is 4.90 Å². The Morgan fingerprint density at radius 3 is 2.65 bits per heavy atom. The molecule has 0 radical (unpaired) electrons. The summed E-state index contributed by atoms with van der Waals surface area (Å²) in [5.74, 6) is 0.778. The van der Waals surface area contributed by atoms with Crippen molar-refractivity contribution in [2.75, 3.05) is 32.4 Å². The summed E-state index contributed by atoms with van der Waals surface area (Å²) in [6.45, 7) is 2.01. The molecular weight excluding hydrogens is 312 g/mol. The van der Waals surface area contributed by atoms with Crippen molar-refractivity contribution in [3.05, 3.63) is 35.4 Å². The monoisotopic (exact) mass is 336 g/mol. The quantitative estimate of drug-likeness (QED) is 0.839. The smallest absolute Gasteiger partial charge is 0.227 e. The van der Waals surface area contributed by atoms with Gasteiger partial charge in [0.1, 0.15) is 0 Å². The molecule has 6 heteroatoms. The van der Waals surface area contributed by atoms with Crippen molar-refractivity contribution in [2.24, 2.45) is 0 Å². The molecule has 1 saturated carbocycles. The Bertz CT molecular complexity index is 683. The molecule has 0 unspecified atom stereocenters. The molecule has 1 saturated heterocycles. The summed E-state index contributed by atoms with van der Waals surface area (Å²) >= 11 is 0. The second kappa shape index (κ2) is 6.61. The van der Waals surface area contributed by atoms with Gasteiger partial charge in [-0.05, 0) is 36.3 Å². The lowest BCUT2D eigenvalue weighted by molar-refractivity contribution is -0.130. The fourth-order valence-electron chi connectivity index (χ4n) is 3.13. The van der Waals surface area contributed by atoms with Crippen molar-refractivity contribution < 1.29 is 13.2 Å². The van der Waals surface area contributed by atoms with E-state index in [1.165, 1.54) is 29.0 Å². The summed E-state index contributed by atoms with van der Waals surface area (Å²) in [7, 11) is -3.17. The second-order valence-corrected chi connectivity index (χ2v) is 8.57. The zero-order chi connectivity index (χ0) is 16.4. The average Bonchev–Trinajstić information content (AvgIpc) is 3.33. The second-order valence-electron chi connectivity index (χ2n) is 6.59. The van der Waals surface area contributed by atoms with Crippen molar-refractivity contribution in [3.63, 3.8) is 0 Å². The van der Waals surface area contributed by atoms with Crippen LogP contribution in [0.2, 0.25) is 0 Å². The fraction of sp³-hybridized carbons (Fsp3) is 0.588. The topological polar surface area (TPSA) is 57.7 Å². The number of carbonyl (C=O) groups excluding carboxylic acids is 1. The minimum atomic E-state index is -3.17. The Balaban J connectivity index is 1.61. The van der Waals surface area contributed by atoms with Crippen LogP contribution in [0, 0.1) is 0 Å². The summed E-state index contributed by atoms with van der Waals surface area (Å²) < 4.78 is 24.7. The molecule has 1 aromatic rings. The van der Waals surface area contributed by atoms with Crippen LogP contribution < -0.4 is 0 Å². The van der Waals surface area contributed by atoms with Crippen LogP contribution in [-0.2, 0) is 21.2 Å². The molecule has 5 nitrogen and oxygen atoms in total. The average molecular weight is 336 g/mol. The van der Waals surface area contributed by atoms with Crippen LogP contribution in [0.25, 0.3) is 0 Å². The van der Waals surface area contributed by atoms with Crippen molar-refractivity contribution in [1.29, 1.82) is 0 Å². The molecule has 0 bridgehead atoms. The molecule has 0 aromatic heterocycles. The third-order valence-electron chi connectivity index (χ3n) is 4.63. The van der Waals surface area contributed by atoms with Gasteiger partial charge in [0.15, 0.2) is 0 Å². The molecule has 1 aliphatic heterocycles. The Kier molecular flexibility index (Phi) is 4.73. The van der Waals surface area contributed by atoms with Gasteiger partial charge in [-0.15, -0.1) is 0 Å². The Morgan fingerprint density at radius 1 is 1.17 bits per heavy atom. The van der Waals surface area contributed by atoms with Gasteiger partial charge in [0.05, 0.1) is 12.7 Å². The SMILES string of the molecule is CS(=O)(=O)N1CCCN(C(=O)Cc2cccc(C3CC3)c2)CC1. The number of hydrogen-bond acceptors (Lipinski definition) is 3. The summed E-state index contributed by atoms with van der Waals surface area (Å²) in [5, 5.41) is 0. The highest BCUT2D eigenvalue weighted by Crippen LogP contribution is 2.40. The van der Waals surface area contributed by atoms with Crippen LogP contribution in [-0.4, -0.2) is 56.0 Å². The van der Waals surface area contributed by atoms with Crippen molar-refractivity contribution in [2.45, 2.75) is 31.6 Å². The van der Waals surface area contributed by atoms with Gasteiger partial charge in [-0.2, -0.15) is 0 Å². The molecule has 0 spiro atoms. The van der Waals surface area contributed by atoms with Crippen LogP contribution in [0.5, 0.6) is 0 Å². The molecule has 1 heterocycles. The van der Waals surface area contributed by atoms with Crippen molar-refractivity contribution >= 4 is 15.9 Å². The highest BCUT2D eigenvalue weighted by atomic mass is 32.2. The summed E-state index contributed by atoms with van der Waals surface area (Å²) in [4.78, 5) is 14.3. The first kappa shape index (κ1) is 16.5. The van der Waals surface area contributed by atoms with E-state index in [2.05, 4.69) is 12.1 Å². The van der Waals surface area contributed by atoms with Crippen LogP contribution in [0.1, 0.15) is 36.3 Å². The Labute approximate surface area is 138 Å². The van der Waals surface area contributed by atoms with Gasteiger partial charge in [-0.3, -0.25) is 4.79 Å². The van der Waals surface area contributed by atoms with Gasteiger partial charge in [0, 0.05) is 26.2 Å². The maximum absolute atomic E-state index is 12.5. The Morgan fingerprint density at radius 2 is 1.96 bits per heavy atom. The molecule has 1 aliphatic carbocycles. The van der Waals surface area contributed by atoms with E-state index in [0.29, 0.717) is 44.9 Å². The van der Waals surface area contributed by atoms with Gasteiger partial charge in [-0.1, -0.05) is 24.3 Å². The summed E-state index contributed by atoms with van der Waals surface area (Å²) in [6, 6.07) is 8.33. The maximum Gasteiger partial charge on any atom is 0.227 e. The van der Waals surface area contributed by atoms with Gasteiger partial charge >= 0.3 is 0 Å². The number of carbonyl (C=O) groups is 1. The first-order valence-corrected chi connectivity index (χ1v) is 10.1. The lowest BCUT2D eigenvalue weighted by atomic mass is 10.0. The van der Waals surface area contributed by atoms with E-state index in [0.717, 1.165) is 5.56 Å². The van der Waals surface area contributed by atoms with E-state index in [4.69, 9.17) is 0 Å². The van der Waals surface area contributed by atoms with E-state index in [-0.39, 0.29) is 5.91 Å². The molecule has 1 aromatic carbocycles. The predicted octanol–water partition coefficient (Wildman–Crippen LogP) is 1.60. The molecule has 0 N–H and O–H groups in total. The van der Waals surface area contributed by atoms with E-state index in [1.54, 1.807) is 4.90 Å². The lowest BCUT2D eigenvalue weighted by Crippen LogP contribution is -2.37. The van der Waals surface area contributed by atoms with Gasteiger partial charge in [0.2, 0.25) is 15.9 Å². The van der Waals surface area contributed by atoms with E-state index >= 15 is 0 Å². The number of benzene rings is 1. The molecule has 1 amide bonds. The van der Waals surface area contributed by atoms with Gasteiger partial charge in [-0.25, -0.2) is 12.7 Å². The molecule has 3 rings (SSSR count). The van der Waals surface area contributed by atoms with Crippen LogP contribution in [0.15, 0.2) is 24.3 Å². The number of amides is 1. The van der Waals surface area contributed by atoms with Gasteiger partial charge in [0.25, 0.3) is 0 Å². The third kappa shape index (κ3) is 4.32. The number of rotatable bonds is 4. The summed E-state index contributed by atoms with van der Waals surface area (Å²) in [6.07, 6.45) is 4.84. The standard InChI is InChI=1S/C17H24N2O3S/c1-23(21,22)19-9-3-8-18(10-11-19)17(20)13-14-4-2-5-16(12-14)15-6-7-15/h2,4-5,12,15H,3,6-11,13H2,1H3. The molecule has 2 fully saturated rings. The highest BCUT2D eigenvalue weighted by Gasteiger charge is 2.25. The molecule has 0 atom stereocenters. The van der Waals surface area contributed by atoms with Crippen LogP contribution in [0.3, 0.4) is 0 Å². The molecule has 2 aliphatic rings.